The molecule has 0 saturated heterocycles. The highest BCUT2D eigenvalue weighted by atomic mass is 32.1. The second-order valence-corrected chi connectivity index (χ2v) is 6.34. The smallest absolute Gasteiger partial charge is 0.250 e. The number of hydrogen-bond acceptors (Lipinski definition) is 6. The first kappa shape index (κ1) is 16.3. The molecule has 3 aromatic rings. The van der Waals surface area contributed by atoms with Crippen LogP contribution >= 0.6 is 11.3 Å². The molecule has 4 rings (SSSR count). The molecule has 0 saturated carbocycles. The van der Waals surface area contributed by atoms with Crippen LogP contribution in [0.25, 0.3) is 17.5 Å². The van der Waals surface area contributed by atoms with Gasteiger partial charge >= 0.3 is 0 Å². The number of fused-ring (bicyclic) bond motifs is 1. The predicted octanol–water partition coefficient (Wildman–Crippen LogP) is 3.63. The molecule has 0 fully saturated rings. The zero-order chi connectivity index (χ0) is 17.8. The molecule has 0 unspecified atom stereocenters. The van der Waals surface area contributed by atoms with Gasteiger partial charge in [0, 0.05) is 17.7 Å². The molecule has 0 radical (unpaired) electrons. The Morgan fingerprint density at radius 2 is 2.00 bits per heavy atom. The van der Waals surface area contributed by atoms with Crippen LogP contribution in [0.5, 0.6) is 11.5 Å². The minimum atomic E-state index is -0.248. The summed E-state index contributed by atoms with van der Waals surface area (Å²) >= 11 is 1.36. The van der Waals surface area contributed by atoms with Gasteiger partial charge in [-0.3, -0.25) is 15.1 Å². The predicted molar refractivity (Wildman–Crippen MR) is 100 cm³/mol. The maximum Gasteiger partial charge on any atom is 0.250 e. The van der Waals surface area contributed by atoms with Gasteiger partial charge in [0.1, 0.15) is 18.9 Å². The van der Waals surface area contributed by atoms with Crippen LogP contribution in [-0.2, 0) is 4.79 Å². The van der Waals surface area contributed by atoms with Crippen LogP contribution in [0, 0.1) is 0 Å². The molecular formula is C19H15N3O3S. The first-order valence-corrected chi connectivity index (χ1v) is 8.91. The number of carbonyl (C=O) groups is 1. The van der Waals surface area contributed by atoms with E-state index >= 15 is 0 Å². The van der Waals surface area contributed by atoms with Crippen molar-refractivity contribution in [2.75, 3.05) is 18.5 Å². The lowest BCUT2D eigenvalue weighted by molar-refractivity contribution is -0.111. The highest BCUT2D eigenvalue weighted by molar-refractivity contribution is 7.14. The van der Waals surface area contributed by atoms with E-state index in [2.05, 4.69) is 15.3 Å². The van der Waals surface area contributed by atoms with E-state index in [0.29, 0.717) is 24.1 Å². The summed E-state index contributed by atoms with van der Waals surface area (Å²) in [5, 5.41) is 5.16. The van der Waals surface area contributed by atoms with Crippen LogP contribution in [0.3, 0.4) is 0 Å². The number of aromatic nitrogens is 2. The van der Waals surface area contributed by atoms with Gasteiger partial charge in [-0.15, -0.1) is 11.3 Å². The Balaban J connectivity index is 1.41. The van der Waals surface area contributed by atoms with E-state index in [-0.39, 0.29) is 5.91 Å². The highest BCUT2D eigenvalue weighted by Crippen LogP contribution is 2.31. The van der Waals surface area contributed by atoms with Crippen molar-refractivity contribution in [3.8, 4) is 22.9 Å². The Kier molecular flexibility index (Phi) is 4.61. The second kappa shape index (κ2) is 7.37. The maximum atomic E-state index is 12.1. The van der Waals surface area contributed by atoms with Gasteiger partial charge in [-0.25, -0.2) is 4.98 Å². The van der Waals surface area contributed by atoms with E-state index in [1.807, 2.05) is 41.8 Å². The molecule has 6 nitrogen and oxygen atoms in total. The Morgan fingerprint density at radius 3 is 2.85 bits per heavy atom. The van der Waals surface area contributed by atoms with Gasteiger partial charge in [-0.1, -0.05) is 12.1 Å². The monoisotopic (exact) mass is 365 g/mol. The maximum absolute atomic E-state index is 12.1. The third-order valence-electron chi connectivity index (χ3n) is 3.66. The zero-order valence-electron chi connectivity index (χ0n) is 13.7. The number of ether oxygens (including phenoxy) is 2. The number of nitrogens with one attached hydrogen (secondary N) is 1. The SMILES string of the molecule is O=C(/C=C/c1ccc2c(c1)OCCO2)Nc1nc(-c2ccccn2)cs1. The van der Waals surface area contributed by atoms with Crippen LogP contribution < -0.4 is 14.8 Å². The van der Waals surface area contributed by atoms with Crippen LogP contribution in [0.15, 0.2) is 54.1 Å². The molecule has 26 heavy (non-hydrogen) atoms. The first-order chi connectivity index (χ1) is 12.8. The van der Waals surface area contributed by atoms with Gasteiger partial charge in [-0.05, 0) is 35.9 Å². The number of thiazole rings is 1. The van der Waals surface area contributed by atoms with Crippen LogP contribution in [-0.4, -0.2) is 29.1 Å². The van der Waals surface area contributed by atoms with Crippen LogP contribution in [0.2, 0.25) is 0 Å². The molecule has 0 atom stereocenters. The summed E-state index contributed by atoms with van der Waals surface area (Å²) in [5.41, 5.74) is 2.37. The Bertz CT molecular complexity index is 954. The molecule has 0 bridgehead atoms. The van der Waals surface area contributed by atoms with Crippen molar-refractivity contribution >= 4 is 28.5 Å². The van der Waals surface area contributed by atoms with E-state index in [9.17, 15) is 4.79 Å². The fourth-order valence-electron chi connectivity index (χ4n) is 2.45. The molecule has 1 aromatic carbocycles. The molecular weight excluding hydrogens is 350 g/mol. The summed E-state index contributed by atoms with van der Waals surface area (Å²) in [7, 11) is 0. The van der Waals surface area contributed by atoms with Gasteiger partial charge in [0.2, 0.25) is 5.91 Å². The number of hydrogen-bond donors (Lipinski definition) is 1. The molecule has 3 heterocycles. The fourth-order valence-corrected chi connectivity index (χ4v) is 3.15. The van der Waals surface area contributed by atoms with Gasteiger partial charge in [-0.2, -0.15) is 0 Å². The number of nitrogens with zero attached hydrogens (tertiary/aromatic N) is 2. The Morgan fingerprint density at radius 1 is 1.12 bits per heavy atom. The number of rotatable bonds is 4. The third kappa shape index (κ3) is 3.73. The topological polar surface area (TPSA) is 73.3 Å². The quantitative estimate of drug-likeness (QED) is 0.715. The second-order valence-electron chi connectivity index (χ2n) is 5.48. The summed E-state index contributed by atoms with van der Waals surface area (Å²) < 4.78 is 11.0. The Hall–Kier alpha value is -3.19. The number of amides is 1. The fraction of sp³-hybridized carbons (Fsp3) is 0.105. The average Bonchev–Trinajstić information content (AvgIpc) is 3.15. The van der Waals surface area contributed by atoms with Crippen molar-refractivity contribution in [1.29, 1.82) is 0 Å². The number of pyridine rings is 1. The van der Waals surface area contributed by atoms with Gasteiger partial charge in [0.15, 0.2) is 16.6 Å². The van der Waals surface area contributed by atoms with E-state index < -0.39 is 0 Å². The van der Waals surface area contributed by atoms with Crippen molar-refractivity contribution in [2.45, 2.75) is 0 Å². The molecule has 130 valence electrons. The van der Waals surface area contributed by atoms with Crippen molar-refractivity contribution in [1.82, 2.24) is 9.97 Å². The third-order valence-corrected chi connectivity index (χ3v) is 4.41. The summed E-state index contributed by atoms with van der Waals surface area (Å²) in [6.07, 6.45) is 4.90. The molecule has 7 heteroatoms. The van der Waals surface area contributed by atoms with Crippen molar-refractivity contribution in [3.63, 3.8) is 0 Å². The van der Waals surface area contributed by atoms with E-state index in [0.717, 1.165) is 22.7 Å². The number of anilines is 1. The normalized spacial score (nSPS) is 12.9. The summed E-state index contributed by atoms with van der Waals surface area (Å²) in [4.78, 5) is 20.8. The molecule has 1 aliphatic rings. The standard InChI is InChI=1S/C19H15N3O3S/c23-18(7-5-13-4-6-16-17(11-13)25-10-9-24-16)22-19-21-15(12-26-19)14-3-1-2-8-20-14/h1-8,11-12H,9-10H2,(H,21,22,23)/b7-5+. The molecule has 0 spiro atoms. The molecule has 0 aliphatic carbocycles. The molecule has 2 aromatic heterocycles. The minimum Gasteiger partial charge on any atom is -0.486 e. The molecule has 1 amide bonds. The van der Waals surface area contributed by atoms with E-state index in [4.69, 9.17) is 9.47 Å². The van der Waals surface area contributed by atoms with Crippen LogP contribution in [0.4, 0.5) is 5.13 Å². The van der Waals surface area contributed by atoms with Gasteiger partial charge < -0.3 is 9.47 Å². The molecule has 1 N–H and O–H groups in total. The minimum absolute atomic E-state index is 0.248. The van der Waals surface area contributed by atoms with Crippen molar-refractivity contribution in [3.05, 3.63) is 59.6 Å². The van der Waals surface area contributed by atoms with Crippen LogP contribution in [0.1, 0.15) is 5.56 Å². The van der Waals surface area contributed by atoms with Gasteiger partial charge in [0.05, 0.1) is 5.69 Å². The van der Waals surface area contributed by atoms with E-state index in [1.165, 1.54) is 17.4 Å². The zero-order valence-corrected chi connectivity index (χ0v) is 14.5. The Labute approximate surface area is 154 Å². The summed E-state index contributed by atoms with van der Waals surface area (Å²) in [5.74, 6) is 1.17. The number of carbonyl (C=O) groups excluding carboxylic acids is 1. The van der Waals surface area contributed by atoms with E-state index in [1.54, 1.807) is 12.3 Å². The number of benzene rings is 1. The summed E-state index contributed by atoms with van der Waals surface area (Å²) in [6, 6.07) is 11.2. The highest BCUT2D eigenvalue weighted by Gasteiger charge is 2.11. The molecule has 1 aliphatic heterocycles. The average molecular weight is 365 g/mol. The van der Waals surface area contributed by atoms with Gasteiger partial charge in [0.25, 0.3) is 0 Å². The lowest BCUT2D eigenvalue weighted by Crippen LogP contribution is -2.15. The van der Waals surface area contributed by atoms with Crippen molar-refractivity contribution < 1.29 is 14.3 Å². The van der Waals surface area contributed by atoms with Crippen molar-refractivity contribution in [2.24, 2.45) is 0 Å². The largest absolute Gasteiger partial charge is 0.486 e. The lowest BCUT2D eigenvalue weighted by atomic mass is 10.2. The lowest BCUT2D eigenvalue weighted by Gasteiger charge is -2.18. The summed E-state index contributed by atoms with van der Waals surface area (Å²) in [6.45, 7) is 1.09. The first-order valence-electron chi connectivity index (χ1n) is 8.03.